The monoisotopic (exact) mass is 485 g/mol. The highest BCUT2D eigenvalue weighted by molar-refractivity contribution is 5.94. The molecule has 1 saturated heterocycles. The Hall–Kier alpha value is -3.74. The molecule has 35 heavy (non-hydrogen) atoms. The van der Waals surface area contributed by atoms with Gasteiger partial charge in [0.2, 0.25) is 0 Å². The maximum atomic E-state index is 13.6. The Morgan fingerprint density at radius 3 is 2.40 bits per heavy atom. The number of halogens is 2. The first-order chi connectivity index (χ1) is 16.5. The van der Waals surface area contributed by atoms with E-state index in [0.29, 0.717) is 44.1 Å². The predicted molar refractivity (Wildman–Crippen MR) is 126 cm³/mol. The summed E-state index contributed by atoms with van der Waals surface area (Å²) in [7, 11) is 0. The average Bonchev–Trinajstić information content (AvgIpc) is 2.83. The van der Waals surface area contributed by atoms with Gasteiger partial charge in [-0.15, -0.1) is 0 Å². The van der Waals surface area contributed by atoms with Crippen LogP contribution in [0.25, 0.3) is 0 Å². The largest absolute Gasteiger partial charge is 0.444 e. The Morgan fingerprint density at radius 1 is 1.14 bits per heavy atom. The van der Waals surface area contributed by atoms with Crippen molar-refractivity contribution in [2.75, 3.05) is 37.6 Å². The molecule has 1 fully saturated rings. The van der Waals surface area contributed by atoms with Gasteiger partial charge in [-0.2, -0.15) is 5.26 Å². The van der Waals surface area contributed by atoms with Crippen LogP contribution in [0.2, 0.25) is 0 Å². The molecule has 2 aromatic rings. The zero-order chi connectivity index (χ0) is 25.8. The fraction of sp³-hybridized carbons (Fsp3) is 0.440. The van der Waals surface area contributed by atoms with Gasteiger partial charge in [0.25, 0.3) is 5.91 Å². The Kier molecular flexibility index (Phi) is 7.89. The average molecular weight is 486 g/mol. The number of benzene rings is 1. The van der Waals surface area contributed by atoms with E-state index in [-0.39, 0.29) is 29.7 Å². The molecule has 1 aromatic heterocycles. The second kappa shape index (κ2) is 10.7. The number of carbonyl (C=O) groups excluding carboxylic acids is 2. The summed E-state index contributed by atoms with van der Waals surface area (Å²) in [5.41, 5.74) is 0.336. The molecule has 1 aliphatic rings. The number of piperazine rings is 1. The van der Waals surface area contributed by atoms with Crippen molar-refractivity contribution >= 4 is 17.8 Å². The number of ether oxygens (including phenoxy) is 1. The SMILES string of the molecule is CCN(Cc1ccc(F)c(F)c1)C(=O)c1cnc(N2CCN(C(=O)OC(C)(C)C)CC2)c(C#N)c1. The van der Waals surface area contributed by atoms with Crippen molar-refractivity contribution in [3.8, 4) is 6.07 Å². The summed E-state index contributed by atoms with van der Waals surface area (Å²) >= 11 is 0. The first-order valence-electron chi connectivity index (χ1n) is 11.4. The van der Waals surface area contributed by atoms with Gasteiger partial charge in [0.15, 0.2) is 11.6 Å². The number of hydrogen-bond donors (Lipinski definition) is 0. The van der Waals surface area contributed by atoms with Gasteiger partial charge in [-0.3, -0.25) is 4.79 Å². The number of hydrogen-bond acceptors (Lipinski definition) is 6. The molecule has 3 rings (SSSR count). The molecule has 1 aliphatic heterocycles. The lowest BCUT2D eigenvalue weighted by molar-refractivity contribution is 0.0240. The minimum absolute atomic E-state index is 0.0861. The highest BCUT2D eigenvalue weighted by Gasteiger charge is 2.28. The number of carbonyl (C=O) groups is 2. The summed E-state index contributed by atoms with van der Waals surface area (Å²) in [5.74, 6) is -1.86. The van der Waals surface area contributed by atoms with Crippen LogP contribution >= 0.6 is 0 Å². The van der Waals surface area contributed by atoms with E-state index in [2.05, 4.69) is 11.1 Å². The third-order valence-corrected chi connectivity index (χ3v) is 5.49. The summed E-state index contributed by atoms with van der Waals surface area (Å²) in [6.07, 6.45) is 1.03. The zero-order valence-electron chi connectivity index (χ0n) is 20.3. The van der Waals surface area contributed by atoms with Crippen LogP contribution in [0.3, 0.4) is 0 Å². The number of nitrogens with zero attached hydrogens (tertiary/aromatic N) is 5. The third kappa shape index (κ3) is 6.44. The highest BCUT2D eigenvalue weighted by atomic mass is 19.2. The Bertz CT molecular complexity index is 1130. The summed E-state index contributed by atoms with van der Waals surface area (Å²) in [5, 5.41) is 9.71. The number of rotatable bonds is 5. The smallest absolute Gasteiger partial charge is 0.410 e. The van der Waals surface area contributed by atoms with Gasteiger partial charge in [0, 0.05) is 45.5 Å². The summed E-state index contributed by atoms with van der Waals surface area (Å²) in [4.78, 5) is 34.7. The van der Waals surface area contributed by atoms with Crippen LogP contribution in [0, 0.1) is 23.0 Å². The minimum atomic E-state index is -0.976. The molecule has 0 aliphatic carbocycles. The van der Waals surface area contributed by atoms with Crippen molar-refractivity contribution in [1.29, 1.82) is 5.26 Å². The van der Waals surface area contributed by atoms with Gasteiger partial charge < -0.3 is 19.4 Å². The molecule has 8 nitrogen and oxygen atoms in total. The number of nitriles is 1. The topological polar surface area (TPSA) is 89.8 Å². The van der Waals surface area contributed by atoms with Gasteiger partial charge in [-0.05, 0) is 51.5 Å². The molecule has 186 valence electrons. The minimum Gasteiger partial charge on any atom is -0.444 e. The van der Waals surface area contributed by atoms with E-state index >= 15 is 0 Å². The lowest BCUT2D eigenvalue weighted by Crippen LogP contribution is -2.50. The fourth-order valence-electron chi connectivity index (χ4n) is 3.70. The van der Waals surface area contributed by atoms with Crippen molar-refractivity contribution in [3.63, 3.8) is 0 Å². The molecule has 0 saturated carbocycles. The molecule has 0 spiro atoms. The lowest BCUT2D eigenvalue weighted by atomic mass is 10.1. The van der Waals surface area contributed by atoms with Crippen LogP contribution < -0.4 is 4.90 Å². The van der Waals surface area contributed by atoms with E-state index in [1.165, 1.54) is 23.2 Å². The molecule has 0 bridgehead atoms. The molecular weight excluding hydrogens is 456 g/mol. The van der Waals surface area contributed by atoms with E-state index in [9.17, 15) is 23.6 Å². The summed E-state index contributed by atoms with van der Waals surface area (Å²) in [6.45, 7) is 9.38. The van der Waals surface area contributed by atoms with Crippen LogP contribution in [-0.2, 0) is 11.3 Å². The van der Waals surface area contributed by atoms with Crippen molar-refractivity contribution < 1.29 is 23.1 Å². The quantitative estimate of drug-likeness (QED) is 0.637. The zero-order valence-corrected chi connectivity index (χ0v) is 20.3. The predicted octanol–water partition coefficient (Wildman–Crippen LogP) is 3.95. The normalized spacial score (nSPS) is 13.9. The second-order valence-electron chi connectivity index (χ2n) is 9.23. The first-order valence-corrected chi connectivity index (χ1v) is 11.4. The number of aromatic nitrogens is 1. The summed E-state index contributed by atoms with van der Waals surface area (Å²) in [6, 6.07) is 7.09. The molecule has 0 N–H and O–H groups in total. The van der Waals surface area contributed by atoms with Crippen molar-refractivity contribution in [3.05, 3.63) is 58.8 Å². The Morgan fingerprint density at radius 2 is 1.83 bits per heavy atom. The standard InChI is InChI=1S/C25H29F2N5O3/c1-5-30(16-17-6-7-20(26)21(27)12-17)23(33)19-13-18(14-28)22(29-15-19)31-8-10-32(11-9-31)24(34)35-25(2,3)4/h6-7,12-13,15H,5,8-11,16H2,1-4H3. The van der Waals surface area contributed by atoms with E-state index in [0.717, 1.165) is 12.1 Å². The van der Waals surface area contributed by atoms with Crippen molar-refractivity contribution in [2.45, 2.75) is 39.8 Å². The number of anilines is 1. The Balaban J connectivity index is 1.71. The van der Waals surface area contributed by atoms with Crippen LogP contribution in [0.5, 0.6) is 0 Å². The molecular formula is C25H29F2N5O3. The van der Waals surface area contributed by atoms with Crippen molar-refractivity contribution in [2.24, 2.45) is 0 Å². The lowest BCUT2D eigenvalue weighted by Gasteiger charge is -2.36. The summed E-state index contributed by atoms with van der Waals surface area (Å²) < 4.78 is 32.2. The first kappa shape index (κ1) is 25.9. The van der Waals surface area contributed by atoms with Crippen LogP contribution in [0.1, 0.15) is 49.2 Å². The fourth-order valence-corrected chi connectivity index (χ4v) is 3.70. The highest BCUT2D eigenvalue weighted by Crippen LogP contribution is 2.22. The van der Waals surface area contributed by atoms with Crippen LogP contribution in [0.15, 0.2) is 30.5 Å². The van der Waals surface area contributed by atoms with Crippen LogP contribution in [-0.4, -0.2) is 65.1 Å². The molecule has 10 heteroatoms. The van der Waals surface area contributed by atoms with E-state index in [1.54, 1.807) is 11.8 Å². The molecule has 0 atom stereocenters. The van der Waals surface area contributed by atoms with Gasteiger partial charge in [-0.1, -0.05) is 6.07 Å². The second-order valence-corrected chi connectivity index (χ2v) is 9.23. The van der Waals surface area contributed by atoms with Gasteiger partial charge in [-0.25, -0.2) is 18.6 Å². The molecule has 2 heterocycles. The molecule has 0 radical (unpaired) electrons. The Labute approximate surface area is 203 Å². The van der Waals surface area contributed by atoms with Gasteiger partial charge in [0.1, 0.15) is 17.5 Å². The van der Waals surface area contributed by atoms with Crippen molar-refractivity contribution in [1.82, 2.24) is 14.8 Å². The van der Waals surface area contributed by atoms with E-state index < -0.39 is 17.2 Å². The molecule has 1 aromatic carbocycles. The number of amides is 2. The molecule has 0 unspecified atom stereocenters. The van der Waals surface area contributed by atoms with E-state index in [4.69, 9.17) is 4.74 Å². The maximum absolute atomic E-state index is 13.6. The number of pyridine rings is 1. The van der Waals surface area contributed by atoms with Gasteiger partial charge in [0.05, 0.1) is 11.1 Å². The molecule has 2 amide bonds. The van der Waals surface area contributed by atoms with Gasteiger partial charge >= 0.3 is 6.09 Å². The third-order valence-electron chi connectivity index (χ3n) is 5.49. The maximum Gasteiger partial charge on any atom is 0.410 e. The van der Waals surface area contributed by atoms with Crippen LogP contribution in [0.4, 0.5) is 19.4 Å². The van der Waals surface area contributed by atoms with E-state index in [1.807, 2.05) is 25.7 Å².